The Bertz CT molecular complexity index is 2050. The Balaban J connectivity index is 1.72. The van der Waals surface area contributed by atoms with E-state index in [2.05, 4.69) is 5.32 Å². The number of carbonyl (C=O) groups excluding carboxylic acids is 4. The van der Waals surface area contributed by atoms with Gasteiger partial charge in [0.1, 0.15) is 24.1 Å². The number of carbonyl (C=O) groups is 4. The number of methoxy groups -OCH3 is 1. The van der Waals surface area contributed by atoms with Crippen molar-refractivity contribution in [3.05, 3.63) is 92.9 Å². The van der Waals surface area contributed by atoms with E-state index in [1.165, 1.54) is 69.5 Å². The second kappa shape index (κ2) is 18.6. The second-order valence-corrected chi connectivity index (χ2v) is 17.1. The van der Waals surface area contributed by atoms with Gasteiger partial charge in [-0.15, -0.1) is 0 Å². The molecule has 310 valence electrons. The number of amides is 3. The van der Waals surface area contributed by atoms with E-state index in [-0.39, 0.29) is 22.2 Å². The molecule has 1 fully saturated rings. The Morgan fingerprint density at radius 3 is 2.07 bits per heavy atom. The molecule has 20 heteroatoms. The SMILES string of the molecule is COc1ccc(CS(=O)(=O)[C@@H]2C[C@@H](C(=O)N[C@H](C(=O)C(F)(F)C(=O)NCC(F)(F)F)C(C)C)N(C(=O)[C@@H](Cc3cccc(Cl)c3)Oc3cc(Cl)cc(Cl)c3)C2)cc1. The first-order chi connectivity index (χ1) is 26.5. The van der Waals surface area contributed by atoms with Crippen LogP contribution < -0.4 is 20.1 Å². The number of sulfone groups is 1. The van der Waals surface area contributed by atoms with Crippen LogP contribution in [0.25, 0.3) is 0 Å². The normalized spacial score (nSPS) is 17.2. The highest BCUT2D eigenvalue weighted by atomic mass is 35.5. The number of rotatable bonds is 16. The number of ether oxygens (including phenoxy) is 2. The van der Waals surface area contributed by atoms with Crippen LogP contribution in [0.3, 0.4) is 0 Å². The average Bonchev–Trinajstić information content (AvgIpc) is 3.58. The van der Waals surface area contributed by atoms with Gasteiger partial charge in [-0.25, -0.2) is 8.42 Å². The topological polar surface area (TPSA) is 148 Å². The second-order valence-electron chi connectivity index (χ2n) is 13.5. The third-order valence-corrected chi connectivity index (χ3v) is 11.6. The Morgan fingerprint density at radius 1 is 0.877 bits per heavy atom. The lowest BCUT2D eigenvalue weighted by atomic mass is 9.94. The average molecular weight is 885 g/mol. The number of nitrogens with zero attached hydrogens (tertiary/aromatic N) is 1. The van der Waals surface area contributed by atoms with E-state index in [0.29, 0.717) is 21.9 Å². The summed E-state index contributed by atoms with van der Waals surface area (Å²) in [5.41, 5.74) is 0.826. The number of alkyl halides is 5. The highest BCUT2D eigenvalue weighted by Crippen LogP contribution is 2.31. The maximum absolute atomic E-state index is 15.0. The highest BCUT2D eigenvalue weighted by molar-refractivity contribution is 7.91. The summed E-state index contributed by atoms with van der Waals surface area (Å²) in [7, 11) is -2.76. The van der Waals surface area contributed by atoms with Gasteiger partial charge in [-0.2, -0.15) is 22.0 Å². The van der Waals surface area contributed by atoms with Gasteiger partial charge >= 0.3 is 12.1 Å². The van der Waals surface area contributed by atoms with Gasteiger partial charge in [0, 0.05) is 28.0 Å². The molecular weight excluding hydrogens is 848 g/mol. The smallest absolute Gasteiger partial charge is 0.405 e. The number of halogens is 8. The number of hydrogen-bond donors (Lipinski definition) is 2. The maximum Gasteiger partial charge on any atom is 0.405 e. The molecule has 1 heterocycles. The first-order valence-corrected chi connectivity index (χ1v) is 20.0. The lowest BCUT2D eigenvalue weighted by Gasteiger charge is -2.31. The number of nitrogens with one attached hydrogen (secondary N) is 2. The van der Waals surface area contributed by atoms with Crippen molar-refractivity contribution < 1.29 is 59.0 Å². The third-order valence-electron chi connectivity index (χ3n) is 8.87. The highest BCUT2D eigenvalue weighted by Gasteiger charge is 2.53. The fraction of sp³-hybridized carbons (Fsp3) is 0.405. The minimum Gasteiger partial charge on any atom is -0.497 e. The van der Waals surface area contributed by atoms with Crippen molar-refractivity contribution in [2.24, 2.45) is 5.92 Å². The van der Waals surface area contributed by atoms with E-state index >= 15 is 8.78 Å². The van der Waals surface area contributed by atoms with Crippen molar-refractivity contribution in [3.63, 3.8) is 0 Å². The zero-order valence-corrected chi connectivity index (χ0v) is 33.5. The van der Waals surface area contributed by atoms with Gasteiger partial charge in [0.05, 0.1) is 24.2 Å². The summed E-state index contributed by atoms with van der Waals surface area (Å²) in [6.07, 6.45) is -7.33. The predicted molar refractivity (Wildman–Crippen MR) is 201 cm³/mol. The quantitative estimate of drug-likeness (QED) is 0.127. The van der Waals surface area contributed by atoms with Gasteiger partial charge in [-0.05, 0) is 65.9 Å². The molecule has 0 radical (unpaired) electrons. The maximum atomic E-state index is 15.0. The zero-order chi connectivity index (χ0) is 42.5. The lowest BCUT2D eigenvalue weighted by molar-refractivity contribution is -0.165. The number of hydrogen-bond acceptors (Lipinski definition) is 8. The molecular formula is C37H37Cl3F5N3O8S. The molecule has 3 aromatic carbocycles. The zero-order valence-electron chi connectivity index (χ0n) is 30.4. The standard InChI is InChI=1S/C37H37Cl3F5N3O8S/c1-20(2)31(32(49)37(44,45)35(52)46-19-36(41,42)43)47-33(50)29-16-28(57(53,54)18-21-7-9-26(55-3)10-8-21)17-48(29)34(51)30(12-22-5-4-6-23(38)11-22)56-27-14-24(39)13-25(40)15-27/h4-11,13-15,20,28-31H,12,16-19H2,1-3H3,(H,46,52)(H,47,50)/t28-,29+,30-,31+/m1/s1. The summed E-state index contributed by atoms with van der Waals surface area (Å²) in [6.45, 7) is -0.301. The molecule has 4 rings (SSSR count). The van der Waals surface area contributed by atoms with Gasteiger partial charge in [0.25, 0.3) is 11.8 Å². The van der Waals surface area contributed by atoms with Gasteiger partial charge < -0.3 is 25.0 Å². The van der Waals surface area contributed by atoms with Crippen molar-refractivity contribution in [3.8, 4) is 11.5 Å². The van der Waals surface area contributed by atoms with Crippen molar-refractivity contribution in [1.29, 1.82) is 0 Å². The summed E-state index contributed by atoms with van der Waals surface area (Å²) in [5, 5.41) is 2.25. The molecule has 0 aromatic heterocycles. The first kappa shape index (κ1) is 45.5. The van der Waals surface area contributed by atoms with Gasteiger partial charge in [0.15, 0.2) is 15.9 Å². The van der Waals surface area contributed by atoms with Crippen LogP contribution in [0.4, 0.5) is 22.0 Å². The van der Waals surface area contributed by atoms with E-state index in [9.17, 15) is 40.8 Å². The molecule has 0 saturated carbocycles. The minimum atomic E-state index is -5.07. The fourth-order valence-electron chi connectivity index (χ4n) is 6.01. The Labute approximate surface area is 340 Å². The molecule has 0 aliphatic carbocycles. The molecule has 1 aliphatic rings. The largest absolute Gasteiger partial charge is 0.497 e. The van der Waals surface area contributed by atoms with Gasteiger partial charge in [0.2, 0.25) is 11.7 Å². The van der Waals surface area contributed by atoms with E-state index in [4.69, 9.17) is 44.3 Å². The fourth-order valence-corrected chi connectivity index (χ4v) is 8.48. The van der Waals surface area contributed by atoms with Crippen LogP contribution in [0.2, 0.25) is 15.1 Å². The molecule has 4 atom stereocenters. The lowest BCUT2D eigenvalue weighted by Crippen LogP contribution is -2.59. The van der Waals surface area contributed by atoms with E-state index in [0.717, 1.165) is 10.2 Å². The molecule has 1 aliphatic heterocycles. The molecule has 3 aromatic rings. The molecule has 0 bridgehead atoms. The van der Waals surface area contributed by atoms with Crippen LogP contribution in [0, 0.1) is 5.92 Å². The first-order valence-electron chi connectivity index (χ1n) is 17.1. The number of benzene rings is 3. The van der Waals surface area contributed by atoms with E-state index in [1.54, 1.807) is 18.2 Å². The molecule has 0 unspecified atom stereocenters. The van der Waals surface area contributed by atoms with Crippen LogP contribution in [0.1, 0.15) is 31.4 Å². The molecule has 57 heavy (non-hydrogen) atoms. The third kappa shape index (κ3) is 12.2. The predicted octanol–water partition coefficient (Wildman–Crippen LogP) is 6.25. The minimum absolute atomic E-state index is 0.0215. The molecule has 0 spiro atoms. The van der Waals surface area contributed by atoms with Gasteiger partial charge in [-0.3, -0.25) is 19.2 Å². The van der Waals surface area contributed by atoms with Crippen LogP contribution >= 0.6 is 34.8 Å². The summed E-state index contributed by atoms with van der Waals surface area (Å²) in [6, 6.07) is 12.6. The van der Waals surface area contributed by atoms with E-state index in [1.807, 2.05) is 0 Å². The number of likely N-dealkylation sites (tertiary alicyclic amines) is 1. The summed E-state index contributed by atoms with van der Waals surface area (Å²) < 4.78 is 107. The number of ketones is 1. The Kier molecular flexibility index (Phi) is 14.8. The van der Waals surface area contributed by atoms with E-state index < -0.39 is 100 Å². The summed E-state index contributed by atoms with van der Waals surface area (Å²) >= 11 is 18.5. The van der Waals surface area contributed by atoms with Crippen molar-refractivity contribution >= 4 is 68.1 Å². The molecule has 2 N–H and O–H groups in total. The van der Waals surface area contributed by atoms with Crippen molar-refractivity contribution in [1.82, 2.24) is 15.5 Å². The van der Waals surface area contributed by atoms with Crippen LogP contribution in [0.15, 0.2) is 66.7 Å². The Hall–Kier alpha value is -4.19. The monoisotopic (exact) mass is 883 g/mol. The molecule has 1 saturated heterocycles. The van der Waals surface area contributed by atoms with Gasteiger partial charge in [-0.1, -0.05) is 72.9 Å². The summed E-state index contributed by atoms with van der Waals surface area (Å²) in [5.74, 6) is -13.2. The van der Waals surface area contributed by atoms with Crippen LogP contribution in [-0.2, 0) is 41.2 Å². The molecule has 11 nitrogen and oxygen atoms in total. The van der Waals surface area contributed by atoms with Crippen LogP contribution in [-0.4, -0.2) is 92.6 Å². The van der Waals surface area contributed by atoms with Crippen LogP contribution in [0.5, 0.6) is 11.5 Å². The number of Topliss-reactive ketones (excluding diaryl/α,β-unsaturated/α-hetero) is 1. The van der Waals surface area contributed by atoms with Crippen molar-refractivity contribution in [2.75, 3.05) is 20.2 Å². The summed E-state index contributed by atoms with van der Waals surface area (Å²) in [4.78, 5) is 54.7. The Morgan fingerprint density at radius 2 is 1.51 bits per heavy atom. The molecule has 3 amide bonds. The van der Waals surface area contributed by atoms with Crippen molar-refractivity contribution in [2.45, 2.75) is 68.0 Å².